The monoisotopic (exact) mass is 458 g/mol. The van der Waals surface area contributed by atoms with Crippen LogP contribution in [-0.4, -0.2) is 31.6 Å². The Hall–Kier alpha value is -2.38. The van der Waals surface area contributed by atoms with Gasteiger partial charge in [0, 0.05) is 17.7 Å². The number of benzene rings is 2. The Morgan fingerprint density at radius 2 is 1.90 bits per heavy atom. The Labute approximate surface area is 178 Å². The fourth-order valence-corrected chi connectivity index (χ4v) is 4.19. The molecular formula is C22H23BrN2O4. The summed E-state index contributed by atoms with van der Waals surface area (Å²) in [5, 5.41) is 5.99. The molecule has 2 amide bonds. The van der Waals surface area contributed by atoms with Crippen molar-refractivity contribution in [2.24, 2.45) is 0 Å². The third-order valence-corrected chi connectivity index (χ3v) is 6.19. The number of carbonyl (C=O) groups excluding carboxylic acids is 2. The Morgan fingerprint density at radius 1 is 1.17 bits per heavy atom. The van der Waals surface area contributed by atoms with E-state index in [2.05, 4.69) is 26.6 Å². The molecule has 2 aliphatic rings. The van der Waals surface area contributed by atoms with Crippen LogP contribution in [0.3, 0.4) is 0 Å². The average molecular weight is 459 g/mol. The van der Waals surface area contributed by atoms with Crippen LogP contribution in [0.25, 0.3) is 0 Å². The smallest absolute Gasteiger partial charge is 0.262 e. The Bertz CT molecular complexity index is 923. The standard InChI is InChI=1S/C22H23BrN2O4/c1-14(15-2-7-19-18(12-15)25-20(26)13-29-19)24-21(27)22(8-10-28-11-9-22)16-3-5-17(23)6-4-16/h2-7,12,14H,8-11,13H2,1H3,(H,24,27)(H,25,26). The summed E-state index contributed by atoms with van der Waals surface area (Å²) >= 11 is 3.46. The molecule has 1 unspecified atom stereocenters. The number of amides is 2. The maximum absolute atomic E-state index is 13.5. The summed E-state index contributed by atoms with van der Waals surface area (Å²) in [5.74, 6) is 0.457. The summed E-state index contributed by atoms with van der Waals surface area (Å²) in [6.45, 7) is 3.08. The van der Waals surface area contributed by atoms with Gasteiger partial charge < -0.3 is 20.1 Å². The summed E-state index contributed by atoms with van der Waals surface area (Å²) in [5.41, 5.74) is 1.92. The molecule has 0 bridgehead atoms. The van der Waals surface area contributed by atoms with Gasteiger partial charge in [0.2, 0.25) is 5.91 Å². The topological polar surface area (TPSA) is 76.7 Å². The lowest BCUT2D eigenvalue weighted by Gasteiger charge is -2.37. The second kappa shape index (κ2) is 8.16. The van der Waals surface area contributed by atoms with Crippen LogP contribution in [0.15, 0.2) is 46.9 Å². The number of halogens is 1. The molecule has 152 valence electrons. The molecule has 0 radical (unpaired) electrons. The fraction of sp³-hybridized carbons (Fsp3) is 0.364. The highest BCUT2D eigenvalue weighted by Gasteiger charge is 2.42. The number of ether oxygens (including phenoxy) is 2. The first-order valence-electron chi connectivity index (χ1n) is 9.69. The lowest BCUT2D eigenvalue weighted by molar-refractivity contribution is -0.131. The van der Waals surface area contributed by atoms with E-state index in [1.54, 1.807) is 0 Å². The Kier molecular flexibility index (Phi) is 5.61. The fourth-order valence-electron chi connectivity index (χ4n) is 3.92. The number of rotatable bonds is 4. The summed E-state index contributed by atoms with van der Waals surface area (Å²) < 4.78 is 11.9. The van der Waals surface area contributed by atoms with Crippen LogP contribution in [-0.2, 0) is 19.7 Å². The molecule has 2 aliphatic heterocycles. The first kappa shape index (κ1) is 19.9. The van der Waals surface area contributed by atoms with Crippen LogP contribution >= 0.6 is 15.9 Å². The molecule has 0 saturated carbocycles. The van der Waals surface area contributed by atoms with Crippen LogP contribution in [0.2, 0.25) is 0 Å². The first-order valence-corrected chi connectivity index (χ1v) is 10.5. The lowest BCUT2D eigenvalue weighted by Crippen LogP contribution is -2.48. The van der Waals surface area contributed by atoms with E-state index in [1.807, 2.05) is 49.4 Å². The molecule has 1 saturated heterocycles. The SMILES string of the molecule is CC(NC(=O)C1(c2ccc(Br)cc2)CCOCC1)c1ccc2c(c1)NC(=O)CO2. The summed E-state index contributed by atoms with van der Waals surface area (Å²) in [7, 11) is 0. The minimum Gasteiger partial charge on any atom is -0.482 e. The molecule has 29 heavy (non-hydrogen) atoms. The lowest BCUT2D eigenvalue weighted by atomic mass is 9.73. The van der Waals surface area contributed by atoms with E-state index in [1.165, 1.54) is 0 Å². The normalized spacial score (nSPS) is 18.8. The van der Waals surface area contributed by atoms with E-state index in [0.29, 0.717) is 37.5 Å². The molecular weight excluding hydrogens is 436 g/mol. The zero-order chi connectivity index (χ0) is 20.4. The molecule has 7 heteroatoms. The van der Waals surface area contributed by atoms with Crippen molar-refractivity contribution in [2.45, 2.75) is 31.2 Å². The molecule has 0 aromatic heterocycles. The van der Waals surface area contributed by atoms with E-state index < -0.39 is 5.41 Å². The van der Waals surface area contributed by atoms with Crippen molar-refractivity contribution in [3.05, 3.63) is 58.1 Å². The zero-order valence-electron chi connectivity index (χ0n) is 16.2. The molecule has 2 heterocycles. The van der Waals surface area contributed by atoms with Crippen LogP contribution in [0.1, 0.15) is 36.9 Å². The van der Waals surface area contributed by atoms with Gasteiger partial charge in [0.15, 0.2) is 6.61 Å². The van der Waals surface area contributed by atoms with Gasteiger partial charge in [-0.2, -0.15) is 0 Å². The molecule has 6 nitrogen and oxygen atoms in total. The van der Waals surface area contributed by atoms with Gasteiger partial charge in [-0.25, -0.2) is 0 Å². The average Bonchev–Trinajstić information content (AvgIpc) is 2.74. The number of nitrogens with one attached hydrogen (secondary N) is 2. The maximum atomic E-state index is 13.5. The highest BCUT2D eigenvalue weighted by atomic mass is 79.9. The van der Waals surface area contributed by atoms with Crippen LogP contribution in [0.4, 0.5) is 5.69 Å². The summed E-state index contributed by atoms with van der Waals surface area (Å²) in [4.78, 5) is 25.1. The van der Waals surface area contributed by atoms with Crippen molar-refractivity contribution in [1.82, 2.24) is 5.32 Å². The second-order valence-corrected chi connectivity index (χ2v) is 8.40. The zero-order valence-corrected chi connectivity index (χ0v) is 17.8. The number of hydrogen-bond donors (Lipinski definition) is 2. The van der Waals surface area contributed by atoms with Crippen molar-refractivity contribution in [1.29, 1.82) is 0 Å². The van der Waals surface area contributed by atoms with Gasteiger partial charge in [0.1, 0.15) is 5.75 Å². The van der Waals surface area contributed by atoms with Gasteiger partial charge in [0.25, 0.3) is 5.91 Å². The van der Waals surface area contributed by atoms with E-state index in [0.717, 1.165) is 15.6 Å². The maximum Gasteiger partial charge on any atom is 0.262 e. The molecule has 4 rings (SSSR count). The van der Waals surface area contributed by atoms with E-state index >= 15 is 0 Å². The largest absolute Gasteiger partial charge is 0.482 e. The van der Waals surface area contributed by atoms with E-state index in [-0.39, 0.29) is 24.5 Å². The van der Waals surface area contributed by atoms with Gasteiger partial charge in [-0.05, 0) is 55.2 Å². The van der Waals surface area contributed by atoms with Crippen molar-refractivity contribution in [3.8, 4) is 5.75 Å². The van der Waals surface area contributed by atoms with Crippen molar-refractivity contribution in [3.63, 3.8) is 0 Å². The molecule has 1 atom stereocenters. The van der Waals surface area contributed by atoms with Crippen LogP contribution in [0.5, 0.6) is 5.75 Å². The highest BCUT2D eigenvalue weighted by molar-refractivity contribution is 9.10. The first-order chi connectivity index (χ1) is 14.0. The van der Waals surface area contributed by atoms with Crippen molar-refractivity contribution < 1.29 is 19.1 Å². The minimum atomic E-state index is -0.612. The molecule has 2 aromatic rings. The van der Waals surface area contributed by atoms with E-state index in [4.69, 9.17) is 9.47 Å². The molecule has 2 N–H and O–H groups in total. The summed E-state index contributed by atoms with van der Waals surface area (Å²) in [6, 6.07) is 13.3. The predicted octanol–water partition coefficient (Wildman–Crippen LogP) is 3.71. The highest BCUT2D eigenvalue weighted by Crippen LogP contribution is 2.37. The molecule has 2 aromatic carbocycles. The van der Waals surface area contributed by atoms with Gasteiger partial charge in [0.05, 0.1) is 17.1 Å². The molecule has 1 fully saturated rings. The molecule has 0 spiro atoms. The van der Waals surface area contributed by atoms with Gasteiger partial charge >= 0.3 is 0 Å². The number of anilines is 1. The summed E-state index contributed by atoms with van der Waals surface area (Å²) in [6.07, 6.45) is 1.28. The third kappa shape index (κ3) is 4.02. The Morgan fingerprint density at radius 3 is 2.62 bits per heavy atom. The number of fused-ring (bicyclic) bond motifs is 1. The van der Waals surface area contributed by atoms with E-state index in [9.17, 15) is 9.59 Å². The van der Waals surface area contributed by atoms with Crippen molar-refractivity contribution in [2.75, 3.05) is 25.1 Å². The Balaban J connectivity index is 1.57. The van der Waals surface area contributed by atoms with Crippen LogP contribution in [0, 0.1) is 0 Å². The minimum absolute atomic E-state index is 0.00590. The second-order valence-electron chi connectivity index (χ2n) is 7.49. The predicted molar refractivity (Wildman–Crippen MR) is 113 cm³/mol. The van der Waals surface area contributed by atoms with Gasteiger partial charge in [-0.1, -0.05) is 34.1 Å². The van der Waals surface area contributed by atoms with Gasteiger partial charge in [-0.3, -0.25) is 9.59 Å². The van der Waals surface area contributed by atoms with Gasteiger partial charge in [-0.15, -0.1) is 0 Å². The van der Waals surface area contributed by atoms with Crippen molar-refractivity contribution >= 4 is 33.4 Å². The quantitative estimate of drug-likeness (QED) is 0.731. The van der Waals surface area contributed by atoms with Crippen LogP contribution < -0.4 is 15.4 Å². The third-order valence-electron chi connectivity index (χ3n) is 5.66. The number of carbonyl (C=O) groups is 2. The number of hydrogen-bond acceptors (Lipinski definition) is 4. The molecule has 0 aliphatic carbocycles.